The average Bonchev–Trinajstić information content (AvgIpc) is 3.41. The average molecular weight is 593 g/mol. The van der Waals surface area contributed by atoms with Crippen molar-refractivity contribution in [1.82, 2.24) is 4.98 Å². The van der Waals surface area contributed by atoms with E-state index in [1.807, 2.05) is 0 Å². The minimum Gasteiger partial charge on any atom is -0.478 e. The number of carbonyl (C=O) groups excluding carboxylic acids is 2. The van der Waals surface area contributed by atoms with Gasteiger partial charge in [0, 0.05) is 33.7 Å². The highest BCUT2D eigenvalue weighted by molar-refractivity contribution is 8.00. The van der Waals surface area contributed by atoms with E-state index >= 15 is 0 Å². The number of nitro benzene ring substituents is 1. The van der Waals surface area contributed by atoms with Crippen molar-refractivity contribution in [3.63, 3.8) is 0 Å². The van der Waals surface area contributed by atoms with Gasteiger partial charge in [-0.1, -0.05) is 18.2 Å². The lowest BCUT2D eigenvalue weighted by atomic mass is 10.0. The smallest absolute Gasteiger partial charge is 0.336 e. The molecule has 0 fully saturated rings. The Balaban J connectivity index is 1.41. The van der Waals surface area contributed by atoms with Crippen LogP contribution in [0.3, 0.4) is 0 Å². The zero-order chi connectivity index (χ0) is 29.7. The Morgan fingerprint density at radius 2 is 1.71 bits per heavy atom. The number of amides is 2. The van der Waals surface area contributed by atoms with Gasteiger partial charge in [0.1, 0.15) is 0 Å². The molecule has 0 saturated carbocycles. The number of anilines is 2. The molecular weight excluding hydrogens is 572 g/mol. The molecule has 0 radical (unpaired) electrons. The van der Waals surface area contributed by atoms with Crippen molar-refractivity contribution in [3.8, 4) is 11.3 Å². The Morgan fingerprint density at radius 3 is 2.41 bits per heavy atom. The van der Waals surface area contributed by atoms with Crippen molar-refractivity contribution >= 4 is 63.4 Å². The third-order valence-electron chi connectivity index (χ3n) is 5.60. The number of benzene rings is 3. The van der Waals surface area contributed by atoms with Crippen molar-refractivity contribution in [3.05, 3.63) is 98.9 Å². The van der Waals surface area contributed by atoms with Crippen LogP contribution < -0.4 is 10.6 Å². The monoisotopic (exact) mass is 592 g/mol. The van der Waals surface area contributed by atoms with Gasteiger partial charge in [0.25, 0.3) is 11.6 Å². The van der Waals surface area contributed by atoms with Crippen LogP contribution in [0.2, 0.25) is 0 Å². The van der Waals surface area contributed by atoms with E-state index in [9.17, 15) is 34.4 Å². The molecule has 0 aliphatic carbocycles. The van der Waals surface area contributed by atoms with E-state index in [0.717, 1.165) is 18.2 Å². The second-order valence-corrected chi connectivity index (χ2v) is 10.7. The van der Waals surface area contributed by atoms with Gasteiger partial charge in [-0.15, -0.1) is 23.1 Å². The summed E-state index contributed by atoms with van der Waals surface area (Å²) >= 11 is 2.39. The van der Waals surface area contributed by atoms with Crippen molar-refractivity contribution < 1.29 is 34.3 Å². The number of nitro groups is 1. The number of thiazole rings is 1. The van der Waals surface area contributed by atoms with Gasteiger partial charge in [0.15, 0.2) is 5.13 Å². The molecule has 0 aliphatic heterocycles. The number of hydrogen-bond acceptors (Lipinski definition) is 9. The van der Waals surface area contributed by atoms with Crippen LogP contribution >= 0.6 is 23.1 Å². The summed E-state index contributed by atoms with van der Waals surface area (Å²) in [5, 5.41) is 36.3. The van der Waals surface area contributed by atoms with Crippen LogP contribution in [0.1, 0.15) is 38.0 Å². The number of nitrogens with one attached hydrogen (secondary N) is 2. The fourth-order valence-corrected chi connectivity index (χ4v) is 5.25. The minimum absolute atomic E-state index is 0.0667. The molecule has 3 aromatic carbocycles. The Morgan fingerprint density at radius 1 is 0.951 bits per heavy atom. The summed E-state index contributed by atoms with van der Waals surface area (Å²) in [5.74, 6) is -3.84. The summed E-state index contributed by atoms with van der Waals surface area (Å²) < 4.78 is 0. The molecule has 1 unspecified atom stereocenters. The van der Waals surface area contributed by atoms with Gasteiger partial charge in [-0.05, 0) is 43.3 Å². The first-order valence-electron chi connectivity index (χ1n) is 11.7. The third kappa shape index (κ3) is 7.12. The first-order valence-corrected chi connectivity index (χ1v) is 13.5. The summed E-state index contributed by atoms with van der Waals surface area (Å²) in [6.07, 6.45) is 0. The van der Waals surface area contributed by atoms with Crippen LogP contribution in [0.4, 0.5) is 16.5 Å². The first kappa shape index (κ1) is 28.9. The van der Waals surface area contributed by atoms with Crippen LogP contribution in [0.25, 0.3) is 11.3 Å². The number of carboxylic acids is 2. The molecular formula is C27H20N4O8S2. The predicted molar refractivity (Wildman–Crippen MR) is 153 cm³/mol. The molecule has 2 amide bonds. The van der Waals surface area contributed by atoms with E-state index in [-0.39, 0.29) is 22.7 Å². The van der Waals surface area contributed by atoms with Crippen LogP contribution in [-0.2, 0) is 4.79 Å². The summed E-state index contributed by atoms with van der Waals surface area (Å²) in [7, 11) is 0. The third-order valence-corrected chi connectivity index (χ3v) is 7.45. The fourth-order valence-electron chi connectivity index (χ4n) is 3.61. The van der Waals surface area contributed by atoms with Crippen molar-refractivity contribution in [1.29, 1.82) is 0 Å². The Bertz CT molecular complexity index is 1690. The molecule has 208 valence electrons. The van der Waals surface area contributed by atoms with Crippen LogP contribution in [0.15, 0.2) is 77.0 Å². The Kier molecular flexibility index (Phi) is 8.75. The topological polar surface area (TPSA) is 189 Å². The maximum Gasteiger partial charge on any atom is 0.336 e. The zero-order valence-electron chi connectivity index (χ0n) is 21.1. The van der Waals surface area contributed by atoms with Crippen molar-refractivity contribution in [2.45, 2.75) is 17.1 Å². The van der Waals surface area contributed by atoms with Crippen LogP contribution in [-0.4, -0.2) is 49.1 Å². The maximum atomic E-state index is 12.8. The first-order chi connectivity index (χ1) is 19.5. The van der Waals surface area contributed by atoms with E-state index < -0.39 is 33.6 Å². The fraction of sp³-hybridized carbons (Fsp3) is 0.0741. The van der Waals surface area contributed by atoms with Crippen molar-refractivity contribution in [2.24, 2.45) is 0 Å². The van der Waals surface area contributed by atoms with Gasteiger partial charge in [0.2, 0.25) is 5.91 Å². The molecule has 1 aromatic heterocycles. The highest BCUT2D eigenvalue weighted by atomic mass is 32.2. The van der Waals surface area contributed by atoms with Gasteiger partial charge < -0.3 is 20.8 Å². The lowest BCUT2D eigenvalue weighted by Crippen LogP contribution is -2.22. The molecule has 0 aliphatic rings. The standard InChI is InChI=1S/C27H20N4O8S2/c1-14(23(32)30-27-29-22(13-40-27)15-4-2-6-18(10-15)31(38)39)41-19-7-3-5-17(12-19)28-24(33)20-9-8-16(25(34)35)11-21(20)26(36)37/h2-14H,1H3,(H,28,33)(H,34,35)(H,36,37)(H,29,30,32). The highest BCUT2D eigenvalue weighted by Gasteiger charge is 2.20. The zero-order valence-corrected chi connectivity index (χ0v) is 22.7. The Labute approximate surface area is 240 Å². The van der Waals surface area contributed by atoms with E-state index in [1.165, 1.54) is 35.2 Å². The minimum atomic E-state index is -1.44. The number of non-ortho nitro benzene ring substituents is 1. The van der Waals surface area contributed by atoms with Crippen LogP contribution in [0.5, 0.6) is 0 Å². The maximum absolute atomic E-state index is 12.8. The molecule has 4 rings (SSSR count). The molecule has 14 heteroatoms. The lowest BCUT2D eigenvalue weighted by Gasteiger charge is -2.12. The van der Waals surface area contributed by atoms with Gasteiger partial charge >= 0.3 is 11.9 Å². The molecule has 4 aromatic rings. The number of carboxylic acid groups (broad SMARTS) is 2. The second kappa shape index (κ2) is 12.4. The van der Waals surface area contributed by atoms with E-state index in [4.69, 9.17) is 5.11 Å². The van der Waals surface area contributed by atoms with Gasteiger partial charge in [-0.3, -0.25) is 19.7 Å². The summed E-state index contributed by atoms with van der Waals surface area (Å²) in [6.45, 7) is 1.68. The second-order valence-electron chi connectivity index (χ2n) is 8.45. The van der Waals surface area contributed by atoms with Crippen LogP contribution in [0, 0.1) is 10.1 Å². The number of rotatable bonds is 10. The number of aromatic nitrogens is 1. The largest absolute Gasteiger partial charge is 0.478 e. The molecule has 1 heterocycles. The van der Waals surface area contributed by atoms with E-state index in [1.54, 1.807) is 48.7 Å². The summed E-state index contributed by atoms with van der Waals surface area (Å²) in [5.41, 5.74) is 0.389. The van der Waals surface area contributed by atoms with E-state index in [2.05, 4.69) is 15.6 Å². The SMILES string of the molecule is CC(Sc1cccc(NC(=O)c2ccc(C(=O)O)cc2C(=O)O)c1)C(=O)Nc1nc(-c2cccc([N+](=O)[O-])c2)cs1. The number of aromatic carboxylic acids is 2. The van der Waals surface area contributed by atoms with Gasteiger partial charge in [-0.25, -0.2) is 14.6 Å². The highest BCUT2D eigenvalue weighted by Crippen LogP contribution is 2.30. The normalized spacial score (nSPS) is 11.3. The molecule has 0 saturated heterocycles. The number of nitrogens with zero attached hydrogens (tertiary/aromatic N) is 2. The molecule has 12 nitrogen and oxygen atoms in total. The van der Waals surface area contributed by atoms with Gasteiger partial charge in [0.05, 0.1) is 32.6 Å². The van der Waals surface area contributed by atoms with Crippen molar-refractivity contribution in [2.75, 3.05) is 10.6 Å². The molecule has 41 heavy (non-hydrogen) atoms. The summed E-state index contributed by atoms with van der Waals surface area (Å²) in [6, 6.07) is 15.8. The number of carbonyl (C=O) groups is 4. The number of thioether (sulfide) groups is 1. The molecule has 0 spiro atoms. The molecule has 4 N–H and O–H groups in total. The molecule has 0 bridgehead atoms. The van der Waals surface area contributed by atoms with E-state index in [0.29, 0.717) is 27.0 Å². The summed E-state index contributed by atoms with van der Waals surface area (Å²) in [4.78, 5) is 63.9. The molecule has 1 atom stereocenters. The quantitative estimate of drug-likeness (QED) is 0.104. The van der Waals surface area contributed by atoms with Gasteiger partial charge in [-0.2, -0.15) is 0 Å². The Hall–Kier alpha value is -5.08. The lowest BCUT2D eigenvalue weighted by molar-refractivity contribution is -0.384. The number of hydrogen-bond donors (Lipinski definition) is 4. The predicted octanol–water partition coefficient (Wildman–Crippen LogP) is 5.49.